The molecule has 0 unspecified atom stereocenters. The number of furan rings is 2. The summed E-state index contributed by atoms with van der Waals surface area (Å²) in [7, 11) is 0. The van der Waals surface area contributed by atoms with E-state index >= 15 is 0 Å². The zero-order chi connectivity index (χ0) is 35.6. The van der Waals surface area contributed by atoms with Gasteiger partial charge in [-0.1, -0.05) is 78.1 Å². The smallest absolute Gasteiger partial charge is 0.309 e. The van der Waals surface area contributed by atoms with Crippen molar-refractivity contribution >= 4 is 24.0 Å². The topological polar surface area (TPSA) is 122 Å². The van der Waals surface area contributed by atoms with Gasteiger partial charge in [-0.2, -0.15) is 0 Å². The number of amides is 1. The van der Waals surface area contributed by atoms with Gasteiger partial charge < -0.3 is 24.6 Å². The summed E-state index contributed by atoms with van der Waals surface area (Å²) in [6.07, 6.45) is 30.5. The lowest BCUT2D eigenvalue weighted by molar-refractivity contribution is -0.149. The SMILES string of the molecule is CCC[C@@H](C)c1ccoc1C=O.O=C(NC1CCC1)C1CCCC1.O=C(O)C1(CCC2CCCC2)CCCC1.c1coc(NCC2CCC2)c1. The van der Waals surface area contributed by atoms with Crippen molar-refractivity contribution in [3.8, 4) is 0 Å². The second-order valence-electron chi connectivity index (χ2n) is 15.8. The van der Waals surface area contributed by atoms with Crippen LogP contribution < -0.4 is 10.6 Å². The fourth-order valence-corrected chi connectivity index (χ4v) is 8.20. The summed E-state index contributed by atoms with van der Waals surface area (Å²) in [5.74, 6) is 3.68. The maximum atomic E-state index is 11.5. The number of carbonyl (C=O) groups is 3. The molecule has 5 saturated carbocycles. The highest BCUT2D eigenvalue weighted by atomic mass is 16.4. The molecule has 2 aromatic rings. The summed E-state index contributed by atoms with van der Waals surface area (Å²) in [6.45, 7) is 5.33. The third kappa shape index (κ3) is 12.6. The van der Waals surface area contributed by atoms with Gasteiger partial charge in [-0.25, -0.2) is 0 Å². The van der Waals surface area contributed by atoms with Crippen LogP contribution in [0.1, 0.15) is 177 Å². The lowest BCUT2D eigenvalue weighted by Gasteiger charge is -2.27. The second kappa shape index (κ2) is 21.4. The van der Waals surface area contributed by atoms with Gasteiger partial charge in [0.25, 0.3) is 0 Å². The number of carboxylic acid groups (broad SMARTS) is 1. The average Bonchev–Trinajstić information content (AvgIpc) is 3.92. The van der Waals surface area contributed by atoms with E-state index in [1.165, 1.54) is 77.0 Å². The monoisotopic (exact) mass is 694 g/mol. The molecular formula is C42H66N2O6. The summed E-state index contributed by atoms with van der Waals surface area (Å²) in [5.41, 5.74) is 0.703. The van der Waals surface area contributed by atoms with E-state index in [4.69, 9.17) is 8.83 Å². The molecule has 50 heavy (non-hydrogen) atoms. The minimum absolute atomic E-state index is 0.331. The Morgan fingerprint density at radius 1 is 0.880 bits per heavy atom. The summed E-state index contributed by atoms with van der Waals surface area (Å²) >= 11 is 0. The van der Waals surface area contributed by atoms with Crippen molar-refractivity contribution in [2.75, 3.05) is 11.9 Å². The molecule has 8 nitrogen and oxygen atoms in total. The van der Waals surface area contributed by atoms with E-state index in [2.05, 4.69) is 24.5 Å². The number of nitrogens with one attached hydrogen (secondary N) is 2. The van der Waals surface area contributed by atoms with Crippen molar-refractivity contribution in [1.29, 1.82) is 0 Å². The molecule has 5 aliphatic carbocycles. The zero-order valence-corrected chi connectivity index (χ0v) is 31.1. The molecule has 5 aliphatic rings. The van der Waals surface area contributed by atoms with Crippen LogP contribution in [0.15, 0.2) is 39.6 Å². The van der Waals surface area contributed by atoms with Crippen LogP contribution in [-0.2, 0) is 9.59 Å². The first-order chi connectivity index (χ1) is 24.3. The number of aliphatic carboxylic acids is 1. The van der Waals surface area contributed by atoms with Crippen molar-refractivity contribution < 1.29 is 28.3 Å². The fourth-order valence-electron chi connectivity index (χ4n) is 8.20. The maximum absolute atomic E-state index is 11.5. The Morgan fingerprint density at radius 2 is 1.54 bits per heavy atom. The van der Waals surface area contributed by atoms with Gasteiger partial charge in [0.2, 0.25) is 5.91 Å². The molecule has 1 amide bonds. The summed E-state index contributed by atoms with van der Waals surface area (Å²) < 4.78 is 10.2. The summed E-state index contributed by atoms with van der Waals surface area (Å²) in [5, 5.41) is 15.7. The normalized spacial score (nSPS) is 20.8. The molecule has 0 saturated heterocycles. The lowest BCUT2D eigenvalue weighted by atomic mass is 9.79. The van der Waals surface area contributed by atoms with Crippen LogP contribution in [0.3, 0.4) is 0 Å². The minimum atomic E-state index is -0.530. The molecule has 2 aromatic heterocycles. The Hall–Kier alpha value is -3.03. The predicted molar refractivity (Wildman–Crippen MR) is 199 cm³/mol. The van der Waals surface area contributed by atoms with Crippen LogP contribution >= 0.6 is 0 Å². The first-order valence-corrected chi connectivity index (χ1v) is 20.2. The van der Waals surface area contributed by atoms with E-state index in [1.807, 2.05) is 18.2 Å². The third-order valence-electron chi connectivity index (χ3n) is 12.1. The molecule has 7 rings (SSSR count). The minimum Gasteiger partial charge on any atom is -0.481 e. The van der Waals surface area contributed by atoms with Gasteiger partial charge in [0.1, 0.15) is 0 Å². The Labute approximate surface area is 301 Å². The van der Waals surface area contributed by atoms with E-state index in [0.29, 0.717) is 29.5 Å². The van der Waals surface area contributed by atoms with Crippen molar-refractivity contribution in [3.63, 3.8) is 0 Å². The van der Waals surface area contributed by atoms with Gasteiger partial charge in [0.05, 0.1) is 17.9 Å². The molecular weight excluding hydrogens is 628 g/mol. The number of hydrogen-bond acceptors (Lipinski definition) is 6. The fraction of sp³-hybridized carbons (Fsp3) is 0.738. The Kier molecular flexibility index (Phi) is 17.0. The number of carboxylic acids is 1. The number of rotatable bonds is 13. The van der Waals surface area contributed by atoms with Gasteiger partial charge in [-0.15, -0.1) is 0 Å². The molecule has 0 aliphatic heterocycles. The Morgan fingerprint density at radius 3 is 2.08 bits per heavy atom. The molecule has 0 bridgehead atoms. The van der Waals surface area contributed by atoms with Crippen LogP contribution in [0.4, 0.5) is 5.88 Å². The Bertz CT molecular complexity index is 1230. The zero-order valence-electron chi connectivity index (χ0n) is 31.1. The summed E-state index contributed by atoms with van der Waals surface area (Å²) in [6, 6.07) is 6.27. The Balaban J connectivity index is 0.000000151. The standard InChI is InChI=1S/C13H22O2.C10H17NO.C10H14O2.C9H13NO/c14-12(15)13(8-3-4-9-13)10-7-11-5-1-2-6-11;12-10(8-4-1-2-5-8)11-9-6-3-7-9;1-3-4-8(2)9-5-6-12-10(9)7-11;1-3-8(4-1)7-10-9-5-2-6-11-9/h11H,1-10H2,(H,14,15);8-9H,1-7H2,(H,11,12);5-8H,3-4H2,1-2H3;2,5-6,8,10H,1,3-4,7H2/t;;8-;/m..1./s1. The van der Waals surface area contributed by atoms with E-state index < -0.39 is 5.97 Å². The highest BCUT2D eigenvalue weighted by Crippen LogP contribution is 2.44. The average molecular weight is 695 g/mol. The number of aldehydes is 1. The third-order valence-corrected chi connectivity index (χ3v) is 12.1. The van der Waals surface area contributed by atoms with Crippen molar-refractivity contribution in [2.24, 2.45) is 23.2 Å². The molecule has 0 radical (unpaired) electrons. The van der Waals surface area contributed by atoms with Crippen LogP contribution in [-0.4, -0.2) is 35.9 Å². The van der Waals surface area contributed by atoms with Crippen LogP contribution in [0.2, 0.25) is 0 Å². The number of hydrogen-bond donors (Lipinski definition) is 3. The second-order valence-corrected chi connectivity index (χ2v) is 15.8. The molecule has 1 atom stereocenters. The van der Waals surface area contributed by atoms with Gasteiger partial charge in [-0.05, 0) is 107 Å². The van der Waals surface area contributed by atoms with Crippen molar-refractivity contribution in [3.05, 3.63) is 42.0 Å². The van der Waals surface area contributed by atoms with Crippen molar-refractivity contribution in [2.45, 2.75) is 167 Å². The number of carbonyl (C=O) groups excluding carboxylic acids is 2. The van der Waals surface area contributed by atoms with Crippen molar-refractivity contribution in [1.82, 2.24) is 5.32 Å². The van der Waals surface area contributed by atoms with Crippen LogP contribution in [0.5, 0.6) is 0 Å². The first kappa shape index (κ1) is 39.8. The maximum Gasteiger partial charge on any atom is 0.309 e. The van der Waals surface area contributed by atoms with E-state index in [9.17, 15) is 19.5 Å². The molecule has 5 fully saturated rings. The predicted octanol–water partition coefficient (Wildman–Crippen LogP) is 10.9. The highest BCUT2D eigenvalue weighted by Gasteiger charge is 2.41. The quantitative estimate of drug-likeness (QED) is 0.178. The molecule has 280 valence electrons. The van der Waals surface area contributed by atoms with Gasteiger partial charge in [0.15, 0.2) is 17.9 Å². The molecule has 0 spiro atoms. The van der Waals surface area contributed by atoms with Crippen LogP contribution in [0.25, 0.3) is 0 Å². The van der Waals surface area contributed by atoms with E-state index in [-0.39, 0.29) is 5.41 Å². The molecule has 3 N–H and O–H groups in total. The van der Waals surface area contributed by atoms with Crippen LogP contribution in [0, 0.1) is 23.2 Å². The highest BCUT2D eigenvalue weighted by molar-refractivity contribution is 5.79. The summed E-state index contributed by atoms with van der Waals surface area (Å²) in [4.78, 5) is 33.4. The van der Waals surface area contributed by atoms with Gasteiger partial charge >= 0.3 is 5.97 Å². The van der Waals surface area contributed by atoms with Gasteiger partial charge in [-0.3, -0.25) is 14.4 Å². The first-order valence-electron chi connectivity index (χ1n) is 20.2. The lowest BCUT2D eigenvalue weighted by Crippen LogP contribution is -2.42. The van der Waals surface area contributed by atoms with Gasteiger partial charge in [0, 0.05) is 30.1 Å². The molecule has 0 aromatic carbocycles. The number of anilines is 1. The molecule has 2 heterocycles. The largest absolute Gasteiger partial charge is 0.481 e. The molecule has 8 heteroatoms. The van der Waals surface area contributed by atoms with E-state index in [0.717, 1.165) is 100 Å². The van der Waals surface area contributed by atoms with E-state index in [1.54, 1.807) is 12.5 Å².